The molecule has 0 aromatic heterocycles. The van der Waals surface area contributed by atoms with Crippen molar-refractivity contribution in [1.82, 2.24) is 4.90 Å². The summed E-state index contributed by atoms with van der Waals surface area (Å²) in [5.41, 5.74) is 5.88. The van der Waals surface area contributed by atoms with Gasteiger partial charge in [-0.3, -0.25) is 4.90 Å². The van der Waals surface area contributed by atoms with Crippen LogP contribution in [-0.2, 0) is 4.74 Å². The monoisotopic (exact) mass is 228 g/mol. The molecule has 1 fully saturated rings. The van der Waals surface area contributed by atoms with E-state index >= 15 is 0 Å². The third-order valence-electron chi connectivity index (χ3n) is 3.70. The molecule has 1 heterocycles. The van der Waals surface area contributed by atoms with Crippen LogP contribution in [0.3, 0.4) is 0 Å². The molecule has 3 unspecified atom stereocenters. The maximum atomic E-state index is 5.88. The van der Waals surface area contributed by atoms with Gasteiger partial charge in [0.25, 0.3) is 0 Å². The highest BCUT2D eigenvalue weighted by molar-refractivity contribution is 4.86. The van der Waals surface area contributed by atoms with Crippen LogP contribution in [-0.4, -0.2) is 43.3 Å². The van der Waals surface area contributed by atoms with Crippen molar-refractivity contribution in [3.63, 3.8) is 0 Å². The molecule has 0 amide bonds. The minimum Gasteiger partial charge on any atom is -0.381 e. The smallest absolute Gasteiger partial charge is 0.0599 e. The van der Waals surface area contributed by atoms with Crippen LogP contribution >= 0.6 is 0 Å². The first kappa shape index (κ1) is 13.9. The molecule has 3 heteroatoms. The van der Waals surface area contributed by atoms with E-state index in [1.165, 1.54) is 6.42 Å². The van der Waals surface area contributed by atoms with E-state index in [9.17, 15) is 0 Å². The third kappa shape index (κ3) is 3.72. The summed E-state index contributed by atoms with van der Waals surface area (Å²) in [6.45, 7) is 8.79. The molecule has 16 heavy (non-hydrogen) atoms. The summed E-state index contributed by atoms with van der Waals surface area (Å²) >= 11 is 0. The van der Waals surface area contributed by atoms with E-state index in [2.05, 4.69) is 25.7 Å². The Balaban J connectivity index is 2.52. The summed E-state index contributed by atoms with van der Waals surface area (Å²) in [6.07, 6.45) is 3.91. The van der Waals surface area contributed by atoms with Gasteiger partial charge >= 0.3 is 0 Å². The lowest BCUT2D eigenvalue weighted by molar-refractivity contribution is -0.00432. The van der Waals surface area contributed by atoms with Crippen molar-refractivity contribution in [2.45, 2.75) is 58.2 Å². The van der Waals surface area contributed by atoms with Crippen molar-refractivity contribution >= 4 is 0 Å². The van der Waals surface area contributed by atoms with E-state index in [1.54, 1.807) is 0 Å². The Morgan fingerprint density at radius 1 is 1.38 bits per heavy atom. The minimum absolute atomic E-state index is 0.413. The Labute approximate surface area is 100 Å². The predicted octanol–water partition coefficient (Wildman–Crippen LogP) is 1.86. The van der Waals surface area contributed by atoms with Gasteiger partial charge in [-0.1, -0.05) is 13.8 Å². The van der Waals surface area contributed by atoms with Crippen molar-refractivity contribution in [2.75, 3.05) is 20.2 Å². The molecule has 0 radical (unpaired) electrons. The number of hydrogen-bond acceptors (Lipinski definition) is 3. The van der Waals surface area contributed by atoms with Gasteiger partial charge in [-0.05, 0) is 32.1 Å². The van der Waals surface area contributed by atoms with E-state index in [0.29, 0.717) is 18.2 Å². The number of rotatable bonds is 5. The maximum Gasteiger partial charge on any atom is 0.0599 e. The standard InChI is InChI=1S/C13H28N2O/c1-10(2)7-11(3)15-6-5-13(16-4)8-12(15)9-14/h10-13H,5-9,14H2,1-4H3. The second-order valence-corrected chi connectivity index (χ2v) is 5.49. The lowest BCUT2D eigenvalue weighted by Crippen LogP contribution is -2.52. The fourth-order valence-electron chi connectivity index (χ4n) is 2.88. The van der Waals surface area contributed by atoms with Crippen LogP contribution in [0.1, 0.15) is 40.0 Å². The Kier molecular flexibility index (Phi) is 5.73. The summed E-state index contributed by atoms with van der Waals surface area (Å²) in [7, 11) is 1.81. The molecule has 3 atom stereocenters. The highest BCUT2D eigenvalue weighted by atomic mass is 16.5. The van der Waals surface area contributed by atoms with Gasteiger partial charge in [-0.2, -0.15) is 0 Å². The number of methoxy groups -OCH3 is 1. The maximum absolute atomic E-state index is 5.88. The van der Waals surface area contributed by atoms with Crippen LogP contribution in [0.2, 0.25) is 0 Å². The van der Waals surface area contributed by atoms with Gasteiger partial charge in [-0.15, -0.1) is 0 Å². The lowest BCUT2D eigenvalue weighted by Gasteiger charge is -2.42. The molecule has 1 saturated heterocycles. The first-order valence-corrected chi connectivity index (χ1v) is 6.57. The van der Waals surface area contributed by atoms with Crippen molar-refractivity contribution in [1.29, 1.82) is 0 Å². The first-order chi connectivity index (χ1) is 7.58. The number of piperidine rings is 1. The SMILES string of the molecule is COC1CCN(C(C)CC(C)C)C(CN)C1. The molecule has 1 aliphatic rings. The number of ether oxygens (including phenoxy) is 1. The van der Waals surface area contributed by atoms with Crippen molar-refractivity contribution in [3.8, 4) is 0 Å². The zero-order valence-corrected chi connectivity index (χ0v) is 11.3. The lowest BCUT2D eigenvalue weighted by atomic mass is 9.94. The van der Waals surface area contributed by atoms with Crippen LogP contribution in [0, 0.1) is 5.92 Å². The normalized spacial score (nSPS) is 29.6. The van der Waals surface area contributed by atoms with Gasteiger partial charge in [0.1, 0.15) is 0 Å². The van der Waals surface area contributed by atoms with E-state index in [1.807, 2.05) is 7.11 Å². The first-order valence-electron chi connectivity index (χ1n) is 6.57. The molecule has 0 saturated carbocycles. The molecule has 1 rings (SSSR count). The number of likely N-dealkylation sites (tertiary alicyclic amines) is 1. The van der Waals surface area contributed by atoms with Gasteiger partial charge in [0, 0.05) is 32.3 Å². The van der Waals surface area contributed by atoms with E-state index in [4.69, 9.17) is 10.5 Å². The number of hydrogen-bond donors (Lipinski definition) is 1. The molecular weight excluding hydrogens is 200 g/mol. The Bertz CT molecular complexity index is 196. The molecule has 3 nitrogen and oxygen atoms in total. The van der Waals surface area contributed by atoms with Gasteiger partial charge in [-0.25, -0.2) is 0 Å². The topological polar surface area (TPSA) is 38.5 Å². The van der Waals surface area contributed by atoms with Crippen molar-refractivity contribution in [2.24, 2.45) is 11.7 Å². The highest BCUT2D eigenvalue weighted by Crippen LogP contribution is 2.23. The van der Waals surface area contributed by atoms with Crippen molar-refractivity contribution < 1.29 is 4.74 Å². The van der Waals surface area contributed by atoms with Crippen molar-refractivity contribution in [3.05, 3.63) is 0 Å². The molecule has 0 aromatic carbocycles. The Morgan fingerprint density at radius 2 is 2.06 bits per heavy atom. The molecule has 96 valence electrons. The molecule has 2 N–H and O–H groups in total. The van der Waals surface area contributed by atoms with Crippen LogP contribution in [0.4, 0.5) is 0 Å². The second-order valence-electron chi connectivity index (χ2n) is 5.49. The summed E-state index contributed by atoms with van der Waals surface area (Å²) in [4.78, 5) is 2.58. The quantitative estimate of drug-likeness (QED) is 0.780. The number of nitrogens with zero attached hydrogens (tertiary/aromatic N) is 1. The highest BCUT2D eigenvalue weighted by Gasteiger charge is 2.30. The van der Waals surface area contributed by atoms with E-state index < -0.39 is 0 Å². The van der Waals surface area contributed by atoms with Gasteiger partial charge in [0.2, 0.25) is 0 Å². The summed E-state index contributed by atoms with van der Waals surface area (Å²) in [5, 5.41) is 0. The molecule has 0 spiro atoms. The van der Waals surface area contributed by atoms with Crippen LogP contribution in [0.5, 0.6) is 0 Å². The zero-order valence-electron chi connectivity index (χ0n) is 11.3. The fourth-order valence-corrected chi connectivity index (χ4v) is 2.88. The third-order valence-corrected chi connectivity index (χ3v) is 3.70. The minimum atomic E-state index is 0.413. The average molecular weight is 228 g/mol. The largest absolute Gasteiger partial charge is 0.381 e. The van der Waals surface area contributed by atoms with E-state index in [-0.39, 0.29) is 0 Å². The van der Waals surface area contributed by atoms with E-state index in [0.717, 1.165) is 31.8 Å². The molecule has 0 aliphatic carbocycles. The van der Waals surface area contributed by atoms with Crippen LogP contribution < -0.4 is 5.73 Å². The molecular formula is C13H28N2O. The fraction of sp³-hybridized carbons (Fsp3) is 1.00. The Hall–Kier alpha value is -0.120. The second kappa shape index (κ2) is 6.58. The summed E-state index contributed by atoms with van der Waals surface area (Å²) in [6, 6.07) is 1.15. The van der Waals surface area contributed by atoms with Gasteiger partial charge < -0.3 is 10.5 Å². The van der Waals surface area contributed by atoms with Gasteiger partial charge in [0.05, 0.1) is 6.10 Å². The zero-order chi connectivity index (χ0) is 12.1. The molecule has 1 aliphatic heterocycles. The molecule has 0 aromatic rings. The number of nitrogens with two attached hydrogens (primary N) is 1. The Morgan fingerprint density at radius 3 is 2.56 bits per heavy atom. The van der Waals surface area contributed by atoms with Crippen LogP contribution in [0.25, 0.3) is 0 Å². The summed E-state index contributed by atoms with van der Waals surface area (Å²) in [5.74, 6) is 0.758. The van der Waals surface area contributed by atoms with Gasteiger partial charge in [0.15, 0.2) is 0 Å². The average Bonchev–Trinajstić information content (AvgIpc) is 2.27. The summed E-state index contributed by atoms with van der Waals surface area (Å²) < 4.78 is 5.45. The molecule has 0 bridgehead atoms. The predicted molar refractivity (Wildman–Crippen MR) is 68.5 cm³/mol. The van der Waals surface area contributed by atoms with Crippen LogP contribution in [0.15, 0.2) is 0 Å².